The van der Waals surface area contributed by atoms with Crippen LogP contribution < -0.4 is 15.5 Å². The van der Waals surface area contributed by atoms with Crippen LogP contribution in [0.25, 0.3) is 0 Å². The molecular weight excluding hydrogens is 529 g/mol. The molecule has 0 unspecified atom stereocenters. The summed E-state index contributed by atoms with van der Waals surface area (Å²) in [6, 6.07) is 17.6. The molecule has 0 radical (unpaired) electrons. The summed E-state index contributed by atoms with van der Waals surface area (Å²) in [7, 11) is 0. The van der Waals surface area contributed by atoms with Crippen molar-refractivity contribution in [2.75, 3.05) is 22.1 Å². The van der Waals surface area contributed by atoms with Gasteiger partial charge in [0.25, 0.3) is 17.7 Å². The first-order valence-corrected chi connectivity index (χ1v) is 12.5. The smallest absolute Gasteiger partial charge is 0.338 e. The second kappa shape index (κ2) is 11.5. The van der Waals surface area contributed by atoms with Crippen molar-refractivity contribution in [3.05, 3.63) is 99.2 Å². The van der Waals surface area contributed by atoms with Gasteiger partial charge >= 0.3 is 5.97 Å². The zero-order valence-corrected chi connectivity index (χ0v) is 22.0. The zero-order chi connectivity index (χ0) is 27.4. The van der Waals surface area contributed by atoms with Crippen molar-refractivity contribution < 1.29 is 23.9 Å². The highest BCUT2D eigenvalue weighted by molar-refractivity contribution is 6.53. The highest BCUT2D eigenvalue weighted by Crippen LogP contribution is 2.32. The van der Waals surface area contributed by atoms with E-state index < -0.39 is 23.7 Å². The van der Waals surface area contributed by atoms with Crippen LogP contribution in [0.5, 0.6) is 0 Å². The number of benzene rings is 3. The van der Waals surface area contributed by atoms with Gasteiger partial charge in [-0.3, -0.25) is 14.4 Å². The van der Waals surface area contributed by atoms with Gasteiger partial charge in [-0.15, -0.1) is 0 Å². The average Bonchev–Trinajstić information content (AvgIpc) is 3.12. The molecule has 1 heterocycles. The summed E-state index contributed by atoms with van der Waals surface area (Å²) in [5.74, 6) is -2.26. The molecule has 3 amide bonds. The number of carbonyl (C=O) groups is 4. The monoisotopic (exact) mass is 551 g/mol. The summed E-state index contributed by atoms with van der Waals surface area (Å²) < 4.78 is 5.14. The van der Waals surface area contributed by atoms with E-state index in [2.05, 4.69) is 10.6 Å². The predicted octanol–water partition coefficient (Wildman–Crippen LogP) is 5.90. The number of rotatable bonds is 8. The van der Waals surface area contributed by atoms with Crippen LogP contribution in [0.2, 0.25) is 5.02 Å². The lowest BCUT2D eigenvalue weighted by molar-refractivity contribution is -0.120. The number of ether oxygens (including phenoxy) is 1. The Morgan fingerprint density at radius 2 is 1.58 bits per heavy atom. The first-order valence-electron chi connectivity index (χ1n) is 11.7. The Balaban J connectivity index is 1.49. The molecular formula is C28H23Cl2N3O5. The second-order valence-corrected chi connectivity index (χ2v) is 9.23. The molecule has 2 N–H and O–H groups in total. The van der Waals surface area contributed by atoms with Crippen LogP contribution in [-0.2, 0) is 14.3 Å². The number of carbonyl (C=O) groups excluding carboxylic acids is 4. The van der Waals surface area contributed by atoms with Gasteiger partial charge in [0, 0.05) is 22.0 Å². The van der Waals surface area contributed by atoms with Gasteiger partial charge in [0.2, 0.25) is 0 Å². The number of hydrogen-bond donors (Lipinski definition) is 2. The van der Waals surface area contributed by atoms with E-state index in [0.29, 0.717) is 40.7 Å². The van der Waals surface area contributed by atoms with E-state index in [1.807, 2.05) is 6.92 Å². The number of halogens is 2. The van der Waals surface area contributed by atoms with Crippen LogP contribution in [0.3, 0.4) is 0 Å². The van der Waals surface area contributed by atoms with Crippen LogP contribution in [0.15, 0.2) is 77.5 Å². The van der Waals surface area contributed by atoms with Crippen LogP contribution in [-0.4, -0.2) is 30.3 Å². The molecule has 0 bridgehead atoms. The molecule has 3 aromatic rings. The number of aryl methyl sites for hydroxylation is 1. The number of anilines is 3. The van der Waals surface area contributed by atoms with E-state index in [1.165, 1.54) is 18.2 Å². The van der Waals surface area contributed by atoms with Crippen LogP contribution >= 0.6 is 23.2 Å². The third-order valence-electron chi connectivity index (χ3n) is 5.63. The molecule has 0 atom stereocenters. The number of nitrogens with zero attached hydrogens (tertiary/aromatic N) is 1. The van der Waals surface area contributed by atoms with E-state index >= 15 is 0 Å². The molecule has 0 aliphatic carbocycles. The Morgan fingerprint density at radius 3 is 2.29 bits per heavy atom. The molecule has 0 aromatic heterocycles. The van der Waals surface area contributed by atoms with E-state index in [9.17, 15) is 19.2 Å². The molecule has 0 spiro atoms. The van der Waals surface area contributed by atoms with E-state index in [1.54, 1.807) is 55.5 Å². The number of hydrogen-bond acceptors (Lipinski definition) is 6. The number of nitrogens with one attached hydrogen (secondary N) is 2. The van der Waals surface area contributed by atoms with Crippen molar-refractivity contribution >= 4 is 64.0 Å². The first-order chi connectivity index (χ1) is 18.2. The van der Waals surface area contributed by atoms with Crippen molar-refractivity contribution in [1.29, 1.82) is 0 Å². The molecule has 1 aliphatic rings. The summed E-state index contributed by atoms with van der Waals surface area (Å²) in [6.45, 7) is 4.01. The Bertz CT molecular complexity index is 1480. The summed E-state index contributed by atoms with van der Waals surface area (Å²) in [4.78, 5) is 51.8. The fraction of sp³-hybridized carbons (Fsp3) is 0.143. The Labute approximate surface area is 229 Å². The van der Waals surface area contributed by atoms with Gasteiger partial charge < -0.3 is 15.4 Å². The molecule has 0 saturated carbocycles. The van der Waals surface area contributed by atoms with Crippen LogP contribution in [0, 0.1) is 6.92 Å². The Hall–Kier alpha value is -4.14. The Kier molecular flexibility index (Phi) is 8.14. The summed E-state index contributed by atoms with van der Waals surface area (Å²) in [5, 5.41) is 5.72. The van der Waals surface area contributed by atoms with Gasteiger partial charge in [-0.25, -0.2) is 9.69 Å². The van der Waals surface area contributed by atoms with Gasteiger partial charge in [-0.05, 0) is 67.4 Å². The third kappa shape index (κ3) is 5.72. The number of esters is 1. The van der Waals surface area contributed by atoms with Gasteiger partial charge in [0.15, 0.2) is 0 Å². The topological polar surface area (TPSA) is 105 Å². The fourth-order valence-corrected chi connectivity index (χ4v) is 4.04. The molecule has 10 heteroatoms. The molecule has 4 rings (SSSR count). The van der Waals surface area contributed by atoms with Crippen LogP contribution in [0.1, 0.15) is 39.6 Å². The van der Waals surface area contributed by atoms with Crippen molar-refractivity contribution in [3.63, 3.8) is 0 Å². The summed E-state index contributed by atoms with van der Waals surface area (Å²) in [5.41, 5.74) is 2.33. The summed E-state index contributed by atoms with van der Waals surface area (Å²) >= 11 is 12.4. The molecule has 0 saturated heterocycles. The van der Waals surface area contributed by atoms with Gasteiger partial charge in [0.05, 0.1) is 17.9 Å². The highest BCUT2D eigenvalue weighted by atomic mass is 35.5. The van der Waals surface area contributed by atoms with Gasteiger partial charge in [-0.1, -0.05) is 48.3 Å². The lowest BCUT2D eigenvalue weighted by Crippen LogP contribution is -2.32. The predicted molar refractivity (Wildman–Crippen MR) is 147 cm³/mol. The van der Waals surface area contributed by atoms with Crippen LogP contribution in [0.4, 0.5) is 17.1 Å². The minimum absolute atomic E-state index is 0.121. The van der Waals surface area contributed by atoms with E-state index in [0.717, 1.165) is 10.5 Å². The summed E-state index contributed by atoms with van der Waals surface area (Å²) in [6.07, 6.45) is 0.701. The maximum Gasteiger partial charge on any atom is 0.338 e. The quantitative estimate of drug-likeness (QED) is 0.266. The molecule has 194 valence electrons. The SMILES string of the molecule is CCCOC(=O)c1cccc(NC(=O)c2cccc(NC3=C(Cl)C(=O)N(c4ccc(C)c(Cl)c4)C3=O)c2)c1. The maximum atomic E-state index is 13.1. The number of imide groups is 1. The normalized spacial score (nSPS) is 13.1. The lowest BCUT2D eigenvalue weighted by atomic mass is 10.1. The van der Waals surface area contributed by atoms with Crippen molar-refractivity contribution in [2.24, 2.45) is 0 Å². The minimum atomic E-state index is -0.690. The first kappa shape index (κ1) is 26.9. The van der Waals surface area contributed by atoms with Gasteiger partial charge in [-0.2, -0.15) is 0 Å². The maximum absolute atomic E-state index is 13.1. The number of amides is 3. The third-order valence-corrected chi connectivity index (χ3v) is 6.39. The van der Waals surface area contributed by atoms with Crippen molar-refractivity contribution in [2.45, 2.75) is 20.3 Å². The standard InChI is InChI=1S/C28H23Cl2N3O5/c1-3-12-38-28(37)18-7-5-9-20(14-18)32-25(34)17-6-4-8-19(13-17)31-24-23(30)26(35)33(27(24)36)21-11-10-16(2)22(29)15-21/h4-11,13-15,31H,3,12H2,1-2H3,(H,32,34). The van der Waals surface area contributed by atoms with Crippen molar-refractivity contribution in [3.8, 4) is 0 Å². The van der Waals surface area contributed by atoms with Gasteiger partial charge in [0.1, 0.15) is 10.7 Å². The molecule has 3 aromatic carbocycles. The Morgan fingerprint density at radius 1 is 0.895 bits per heavy atom. The molecule has 1 aliphatic heterocycles. The molecule has 38 heavy (non-hydrogen) atoms. The fourth-order valence-electron chi connectivity index (χ4n) is 3.65. The largest absolute Gasteiger partial charge is 0.462 e. The second-order valence-electron chi connectivity index (χ2n) is 8.44. The van der Waals surface area contributed by atoms with E-state index in [4.69, 9.17) is 27.9 Å². The minimum Gasteiger partial charge on any atom is -0.462 e. The molecule has 0 fully saturated rings. The van der Waals surface area contributed by atoms with Crippen molar-refractivity contribution in [1.82, 2.24) is 0 Å². The highest BCUT2D eigenvalue weighted by Gasteiger charge is 2.39. The average molecular weight is 552 g/mol. The van der Waals surface area contributed by atoms with E-state index in [-0.39, 0.29) is 16.3 Å². The molecule has 8 nitrogen and oxygen atoms in total. The lowest BCUT2D eigenvalue weighted by Gasteiger charge is -2.16. The zero-order valence-electron chi connectivity index (χ0n) is 20.5.